The second-order valence-electron chi connectivity index (χ2n) is 8.62. The Morgan fingerprint density at radius 3 is 2.63 bits per heavy atom. The number of anilines is 1. The fourth-order valence-corrected chi connectivity index (χ4v) is 4.62. The molecule has 1 amide bonds. The lowest BCUT2D eigenvalue weighted by molar-refractivity contribution is -0.117. The fraction of sp³-hybridized carbons (Fsp3) is 0.462. The molecule has 0 unspecified atom stereocenters. The number of para-hydroxylation sites is 2. The first-order valence-corrected chi connectivity index (χ1v) is 11.5. The Kier molecular flexibility index (Phi) is 6.51. The molecule has 1 aromatic heterocycles. The van der Waals surface area contributed by atoms with E-state index >= 15 is 0 Å². The summed E-state index contributed by atoms with van der Waals surface area (Å²) in [6.07, 6.45) is 8.20. The van der Waals surface area contributed by atoms with Crippen LogP contribution < -0.4 is 4.90 Å². The van der Waals surface area contributed by atoms with Crippen LogP contribution in [-0.2, 0) is 11.3 Å². The largest absolute Gasteiger partial charge is 0.328 e. The Hall–Kier alpha value is -2.62. The molecule has 0 bridgehead atoms. The van der Waals surface area contributed by atoms with E-state index in [1.807, 2.05) is 23.1 Å². The minimum absolute atomic E-state index is 0.144. The third kappa shape index (κ3) is 4.43. The van der Waals surface area contributed by atoms with Crippen molar-refractivity contribution in [1.29, 1.82) is 0 Å². The summed E-state index contributed by atoms with van der Waals surface area (Å²) in [4.78, 5) is 19.8. The van der Waals surface area contributed by atoms with Crippen LogP contribution in [0.1, 0.15) is 69.2 Å². The van der Waals surface area contributed by atoms with Gasteiger partial charge in [-0.05, 0) is 43.2 Å². The third-order valence-corrected chi connectivity index (χ3v) is 6.22. The highest BCUT2D eigenvalue weighted by atomic mass is 16.2. The van der Waals surface area contributed by atoms with Crippen molar-refractivity contribution in [2.24, 2.45) is 0 Å². The number of rotatable bonds is 9. The first kappa shape index (κ1) is 20.6. The maximum absolute atomic E-state index is 12.8. The zero-order valence-corrected chi connectivity index (χ0v) is 18.3. The Bertz CT molecular complexity index is 1010. The molecule has 2 heterocycles. The first-order valence-electron chi connectivity index (χ1n) is 11.5. The van der Waals surface area contributed by atoms with Crippen LogP contribution >= 0.6 is 0 Å². The number of benzene rings is 2. The van der Waals surface area contributed by atoms with Gasteiger partial charge in [-0.3, -0.25) is 4.79 Å². The number of aryl methyl sites for hydroxylation is 2. The lowest BCUT2D eigenvalue weighted by Gasteiger charge is -2.18. The van der Waals surface area contributed by atoms with E-state index in [1.54, 1.807) is 0 Å². The number of aromatic nitrogens is 2. The van der Waals surface area contributed by atoms with Crippen molar-refractivity contribution >= 4 is 22.6 Å². The third-order valence-electron chi connectivity index (χ3n) is 6.22. The van der Waals surface area contributed by atoms with Crippen molar-refractivity contribution in [3.8, 4) is 0 Å². The van der Waals surface area contributed by atoms with Gasteiger partial charge in [0.25, 0.3) is 0 Å². The summed E-state index contributed by atoms with van der Waals surface area (Å²) >= 11 is 0. The molecule has 0 saturated carbocycles. The van der Waals surface area contributed by atoms with Gasteiger partial charge < -0.3 is 9.47 Å². The molecule has 30 heavy (non-hydrogen) atoms. The standard InChI is InChI=1S/C26H33N3O/c1-3-4-5-6-7-10-16-28-24-15-9-8-14-23(24)27-26(28)21-18-25(30)29(19-21)22-13-11-12-20(2)17-22/h8-9,11-15,17,21H,3-7,10,16,18-19H2,1-2H3/t21-/m1/s1. The lowest BCUT2D eigenvalue weighted by atomic mass is 10.1. The van der Waals surface area contributed by atoms with Gasteiger partial charge in [0.2, 0.25) is 5.91 Å². The minimum Gasteiger partial charge on any atom is -0.328 e. The normalized spacial score (nSPS) is 16.7. The maximum Gasteiger partial charge on any atom is 0.227 e. The van der Waals surface area contributed by atoms with E-state index in [0.717, 1.165) is 23.6 Å². The van der Waals surface area contributed by atoms with Gasteiger partial charge >= 0.3 is 0 Å². The fourth-order valence-electron chi connectivity index (χ4n) is 4.62. The lowest BCUT2D eigenvalue weighted by Crippen LogP contribution is -2.24. The smallest absolute Gasteiger partial charge is 0.227 e. The summed E-state index contributed by atoms with van der Waals surface area (Å²) in [5.41, 5.74) is 4.42. The van der Waals surface area contributed by atoms with Crippen LogP contribution in [-0.4, -0.2) is 22.0 Å². The molecule has 158 valence electrons. The van der Waals surface area contributed by atoms with Gasteiger partial charge in [-0.25, -0.2) is 4.98 Å². The number of hydrogen-bond acceptors (Lipinski definition) is 2. The topological polar surface area (TPSA) is 38.1 Å². The Balaban J connectivity index is 1.54. The number of unbranched alkanes of at least 4 members (excludes halogenated alkanes) is 5. The average molecular weight is 404 g/mol. The minimum atomic E-state index is 0.144. The van der Waals surface area contributed by atoms with E-state index in [9.17, 15) is 4.79 Å². The van der Waals surface area contributed by atoms with E-state index in [1.165, 1.54) is 49.6 Å². The van der Waals surface area contributed by atoms with Crippen LogP contribution in [0.15, 0.2) is 48.5 Å². The van der Waals surface area contributed by atoms with Gasteiger partial charge in [0.15, 0.2) is 0 Å². The molecule has 2 aromatic carbocycles. The Morgan fingerprint density at radius 2 is 1.80 bits per heavy atom. The molecule has 4 nitrogen and oxygen atoms in total. The second-order valence-corrected chi connectivity index (χ2v) is 8.62. The van der Waals surface area contributed by atoms with Crippen LogP contribution in [0.2, 0.25) is 0 Å². The van der Waals surface area contributed by atoms with Crippen molar-refractivity contribution in [1.82, 2.24) is 9.55 Å². The van der Waals surface area contributed by atoms with Crippen LogP contribution in [0, 0.1) is 6.92 Å². The van der Waals surface area contributed by atoms with Crippen molar-refractivity contribution in [2.75, 3.05) is 11.4 Å². The van der Waals surface area contributed by atoms with E-state index in [0.29, 0.717) is 13.0 Å². The van der Waals surface area contributed by atoms with E-state index in [-0.39, 0.29) is 11.8 Å². The van der Waals surface area contributed by atoms with Gasteiger partial charge in [-0.2, -0.15) is 0 Å². The quantitative estimate of drug-likeness (QED) is 0.397. The number of nitrogens with zero attached hydrogens (tertiary/aromatic N) is 3. The number of carbonyl (C=O) groups is 1. The predicted octanol–water partition coefficient (Wildman–Crippen LogP) is 6.23. The molecule has 4 heteroatoms. The molecule has 1 atom stereocenters. The van der Waals surface area contributed by atoms with Crippen LogP contribution in [0.3, 0.4) is 0 Å². The van der Waals surface area contributed by atoms with Crippen molar-refractivity contribution in [3.63, 3.8) is 0 Å². The molecule has 0 N–H and O–H groups in total. The maximum atomic E-state index is 12.8. The molecule has 0 radical (unpaired) electrons. The first-order chi connectivity index (χ1) is 14.7. The van der Waals surface area contributed by atoms with Gasteiger partial charge in [0.05, 0.1) is 11.0 Å². The van der Waals surface area contributed by atoms with Crippen molar-refractivity contribution < 1.29 is 4.79 Å². The number of fused-ring (bicyclic) bond motifs is 1. The monoisotopic (exact) mass is 403 g/mol. The summed E-state index contributed by atoms with van der Waals surface area (Å²) in [5, 5.41) is 0. The molecule has 1 fully saturated rings. The number of imidazole rings is 1. The van der Waals surface area contributed by atoms with Crippen LogP contribution in [0.25, 0.3) is 11.0 Å². The van der Waals surface area contributed by atoms with Gasteiger partial charge in [0, 0.05) is 31.1 Å². The molecular formula is C26H33N3O. The molecular weight excluding hydrogens is 370 g/mol. The Labute approximate surface area is 179 Å². The summed E-state index contributed by atoms with van der Waals surface area (Å²) < 4.78 is 2.38. The van der Waals surface area contributed by atoms with Gasteiger partial charge in [0.1, 0.15) is 5.82 Å². The molecule has 0 spiro atoms. The predicted molar refractivity (Wildman–Crippen MR) is 124 cm³/mol. The highest BCUT2D eigenvalue weighted by molar-refractivity contribution is 5.96. The Morgan fingerprint density at radius 1 is 1.00 bits per heavy atom. The van der Waals surface area contributed by atoms with E-state index < -0.39 is 0 Å². The van der Waals surface area contributed by atoms with E-state index in [4.69, 9.17) is 4.98 Å². The number of amides is 1. The van der Waals surface area contributed by atoms with Gasteiger partial charge in [-0.15, -0.1) is 0 Å². The summed E-state index contributed by atoms with van der Waals surface area (Å²) in [7, 11) is 0. The molecule has 3 aromatic rings. The van der Waals surface area contributed by atoms with Crippen LogP contribution in [0.5, 0.6) is 0 Å². The summed E-state index contributed by atoms with van der Waals surface area (Å²) in [6.45, 7) is 6.02. The highest BCUT2D eigenvalue weighted by Gasteiger charge is 2.34. The van der Waals surface area contributed by atoms with Crippen molar-refractivity contribution in [2.45, 2.75) is 71.3 Å². The van der Waals surface area contributed by atoms with E-state index in [2.05, 4.69) is 48.7 Å². The zero-order valence-electron chi connectivity index (χ0n) is 18.3. The highest BCUT2D eigenvalue weighted by Crippen LogP contribution is 2.33. The molecule has 1 aliphatic heterocycles. The van der Waals surface area contributed by atoms with Gasteiger partial charge in [-0.1, -0.05) is 63.3 Å². The van der Waals surface area contributed by atoms with Crippen LogP contribution in [0.4, 0.5) is 5.69 Å². The number of carbonyl (C=O) groups excluding carboxylic acids is 1. The summed E-state index contributed by atoms with van der Waals surface area (Å²) in [6, 6.07) is 16.6. The van der Waals surface area contributed by atoms with Crippen molar-refractivity contribution in [3.05, 3.63) is 59.9 Å². The summed E-state index contributed by atoms with van der Waals surface area (Å²) in [5.74, 6) is 1.42. The molecule has 0 aliphatic carbocycles. The zero-order chi connectivity index (χ0) is 20.9. The second kappa shape index (κ2) is 9.46. The molecule has 4 rings (SSSR count). The SMILES string of the molecule is CCCCCCCCn1c([C@@H]2CC(=O)N(c3cccc(C)c3)C2)nc2ccccc21. The average Bonchev–Trinajstić information content (AvgIpc) is 3.31. The molecule has 1 saturated heterocycles. The molecule has 1 aliphatic rings. The number of hydrogen-bond donors (Lipinski definition) is 0.